The Bertz CT molecular complexity index is 1340. The van der Waals surface area contributed by atoms with Crippen molar-refractivity contribution < 1.29 is 23.8 Å². The minimum absolute atomic E-state index is 0.0365. The predicted molar refractivity (Wildman–Crippen MR) is 118 cm³/mol. The van der Waals surface area contributed by atoms with Gasteiger partial charge >= 0.3 is 0 Å². The molecule has 158 valence electrons. The number of hydrogen-bond donors (Lipinski definition) is 2. The summed E-state index contributed by atoms with van der Waals surface area (Å²) in [5, 5.41) is 13.6. The summed E-state index contributed by atoms with van der Waals surface area (Å²) in [5.41, 5.74) is 1.88. The molecule has 4 rings (SSSR count). The van der Waals surface area contributed by atoms with Crippen LogP contribution in [0, 0.1) is 0 Å². The van der Waals surface area contributed by atoms with E-state index in [4.69, 9.17) is 13.9 Å². The minimum atomic E-state index is -0.381. The lowest BCUT2D eigenvalue weighted by Gasteiger charge is -2.11. The van der Waals surface area contributed by atoms with Crippen LogP contribution in [0.2, 0.25) is 0 Å². The number of rotatable bonds is 6. The number of benzene rings is 3. The number of ether oxygens (including phenoxy) is 2. The molecule has 0 radical (unpaired) electrons. The predicted octanol–water partition coefficient (Wildman–Crippen LogP) is 4.24. The lowest BCUT2D eigenvalue weighted by molar-refractivity contribution is -0.118. The Morgan fingerprint density at radius 1 is 1.06 bits per heavy atom. The summed E-state index contributed by atoms with van der Waals surface area (Å²) in [7, 11) is 1.50. The van der Waals surface area contributed by atoms with E-state index in [1.54, 1.807) is 18.2 Å². The van der Waals surface area contributed by atoms with Crippen LogP contribution in [0.4, 0.5) is 5.69 Å². The summed E-state index contributed by atoms with van der Waals surface area (Å²) in [6.07, 6.45) is 0.786. The van der Waals surface area contributed by atoms with Crippen LogP contribution in [0.1, 0.15) is 12.5 Å². The number of carbonyl (C=O) groups excluding carboxylic acids is 1. The van der Waals surface area contributed by atoms with Crippen molar-refractivity contribution in [2.45, 2.75) is 13.3 Å². The Hall–Kier alpha value is -4.00. The molecule has 0 aliphatic heterocycles. The van der Waals surface area contributed by atoms with E-state index in [0.29, 0.717) is 16.7 Å². The van der Waals surface area contributed by atoms with Crippen molar-refractivity contribution in [3.63, 3.8) is 0 Å². The summed E-state index contributed by atoms with van der Waals surface area (Å²) in [4.78, 5) is 25.1. The summed E-state index contributed by atoms with van der Waals surface area (Å²) in [6.45, 7) is 1.74. The molecule has 0 atom stereocenters. The van der Waals surface area contributed by atoms with Crippen molar-refractivity contribution in [2.75, 3.05) is 19.0 Å². The largest absolute Gasteiger partial charge is 0.507 e. The average molecular weight is 419 g/mol. The van der Waals surface area contributed by atoms with Gasteiger partial charge in [0.15, 0.2) is 6.61 Å². The first-order valence-electron chi connectivity index (χ1n) is 9.78. The van der Waals surface area contributed by atoms with Gasteiger partial charge in [-0.05, 0) is 36.2 Å². The molecule has 0 saturated heterocycles. The molecule has 2 N–H and O–H groups in total. The van der Waals surface area contributed by atoms with Gasteiger partial charge in [-0.25, -0.2) is 0 Å². The second-order valence-corrected chi connectivity index (χ2v) is 6.96. The smallest absolute Gasteiger partial charge is 0.262 e. The lowest BCUT2D eigenvalue weighted by atomic mass is 10.1. The highest BCUT2D eigenvalue weighted by Crippen LogP contribution is 2.31. The van der Waals surface area contributed by atoms with Gasteiger partial charge in [-0.15, -0.1) is 0 Å². The van der Waals surface area contributed by atoms with E-state index in [1.165, 1.54) is 19.2 Å². The highest BCUT2D eigenvalue weighted by Gasteiger charge is 2.15. The first-order valence-corrected chi connectivity index (χ1v) is 9.78. The highest BCUT2D eigenvalue weighted by molar-refractivity contribution is 5.95. The van der Waals surface area contributed by atoms with Crippen molar-refractivity contribution >= 4 is 33.5 Å². The van der Waals surface area contributed by atoms with Crippen LogP contribution in [0.3, 0.4) is 0 Å². The average Bonchev–Trinajstić information content (AvgIpc) is 2.77. The van der Waals surface area contributed by atoms with Gasteiger partial charge in [0.25, 0.3) is 5.91 Å². The van der Waals surface area contributed by atoms with Gasteiger partial charge in [0, 0.05) is 17.8 Å². The number of methoxy groups -OCH3 is 1. The number of para-hydroxylation sites is 1. The number of aromatic hydroxyl groups is 1. The van der Waals surface area contributed by atoms with E-state index in [-0.39, 0.29) is 40.4 Å². The van der Waals surface area contributed by atoms with Crippen LogP contribution < -0.4 is 20.2 Å². The molecular formula is C24H21NO6. The zero-order valence-corrected chi connectivity index (χ0v) is 17.1. The molecule has 31 heavy (non-hydrogen) atoms. The van der Waals surface area contributed by atoms with E-state index in [1.807, 2.05) is 31.2 Å². The molecule has 1 amide bonds. The van der Waals surface area contributed by atoms with Gasteiger partial charge in [0.05, 0.1) is 12.5 Å². The van der Waals surface area contributed by atoms with Gasteiger partial charge < -0.3 is 24.3 Å². The molecule has 1 aromatic heterocycles. The van der Waals surface area contributed by atoms with Gasteiger partial charge in [-0.2, -0.15) is 0 Å². The second kappa shape index (κ2) is 8.39. The molecule has 4 aromatic rings. The van der Waals surface area contributed by atoms with E-state index in [0.717, 1.165) is 17.7 Å². The van der Waals surface area contributed by atoms with E-state index in [2.05, 4.69) is 5.32 Å². The first kappa shape index (κ1) is 20.3. The molecule has 1 heterocycles. The molecule has 0 fully saturated rings. The Labute approximate surface area is 177 Å². The van der Waals surface area contributed by atoms with Crippen molar-refractivity contribution in [3.05, 3.63) is 70.4 Å². The molecule has 7 nitrogen and oxygen atoms in total. The third-order valence-electron chi connectivity index (χ3n) is 4.98. The summed E-state index contributed by atoms with van der Waals surface area (Å²) >= 11 is 0. The van der Waals surface area contributed by atoms with Gasteiger partial charge in [-0.1, -0.05) is 25.1 Å². The minimum Gasteiger partial charge on any atom is -0.507 e. The summed E-state index contributed by atoms with van der Waals surface area (Å²) in [5.74, 6) is 0.0874. The number of amides is 1. The molecule has 0 saturated carbocycles. The molecule has 7 heteroatoms. The van der Waals surface area contributed by atoms with Crippen LogP contribution in [0.25, 0.3) is 21.9 Å². The third-order valence-corrected chi connectivity index (χ3v) is 4.98. The zero-order chi connectivity index (χ0) is 22.0. The standard InChI is InChI=1S/C24H21NO6/c1-3-14-6-4-5-7-18(14)25-22(27)13-30-16-11-19(26)23-21(12-16)31-20-9-8-15(29-2)10-17(20)24(23)28/h4-12,26H,3,13H2,1-2H3,(H,25,27). The number of anilines is 1. The molecule has 0 bridgehead atoms. The van der Waals surface area contributed by atoms with Gasteiger partial charge in [0.1, 0.15) is 33.8 Å². The third kappa shape index (κ3) is 4.02. The van der Waals surface area contributed by atoms with Crippen molar-refractivity contribution in [3.8, 4) is 17.2 Å². The summed E-state index contributed by atoms with van der Waals surface area (Å²) in [6, 6.07) is 15.2. The monoisotopic (exact) mass is 419 g/mol. The normalized spacial score (nSPS) is 10.9. The van der Waals surface area contributed by atoms with Crippen LogP contribution >= 0.6 is 0 Å². The van der Waals surface area contributed by atoms with Crippen LogP contribution in [0.15, 0.2) is 63.8 Å². The fourth-order valence-corrected chi connectivity index (χ4v) is 3.41. The lowest BCUT2D eigenvalue weighted by Crippen LogP contribution is -2.20. The Kier molecular flexibility index (Phi) is 5.49. The SMILES string of the molecule is CCc1ccccc1NC(=O)COc1cc(O)c2c(=O)c3cc(OC)ccc3oc2c1. The van der Waals surface area contributed by atoms with E-state index >= 15 is 0 Å². The fraction of sp³-hybridized carbons (Fsp3) is 0.167. The Morgan fingerprint density at radius 3 is 2.65 bits per heavy atom. The Balaban J connectivity index is 1.59. The van der Waals surface area contributed by atoms with Gasteiger partial charge in [0.2, 0.25) is 5.43 Å². The van der Waals surface area contributed by atoms with Crippen molar-refractivity contribution in [1.29, 1.82) is 0 Å². The quantitative estimate of drug-likeness (QED) is 0.454. The second-order valence-electron chi connectivity index (χ2n) is 6.96. The topological polar surface area (TPSA) is 98.0 Å². The van der Waals surface area contributed by atoms with E-state index in [9.17, 15) is 14.7 Å². The maximum atomic E-state index is 12.8. The zero-order valence-electron chi connectivity index (χ0n) is 17.1. The molecule has 0 spiro atoms. The number of phenolic OH excluding ortho intramolecular Hbond substituents is 1. The maximum absolute atomic E-state index is 12.8. The van der Waals surface area contributed by atoms with Crippen molar-refractivity contribution in [2.24, 2.45) is 0 Å². The van der Waals surface area contributed by atoms with Crippen LogP contribution in [0.5, 0.6) is 17.2 Å². The number of nitrogens with one attached hydrogen (secondary N) is 1. The molecule has 0 unspecified atom stereocenters. The van der Waals surface area contributed by atoms with Crippen LogP contribution in [-0.4, -0.2) is 24.7 Å². The maximum Gasteiger partial charge on any atom is 0.262 e. The highest BCUT2D eigenvalue weighted by atomic mass is 16.5. The number of phenols is 1. The van der Waals surface area contributed by atoms with Gasteiger partial charge in [-0.3, -0.25) is 9.59 Å². The molecular weight excluding hydrogens is 398 g/mol. The number of aryl methyl sites for hydroxylation is 1. The molecule has 3 aromatic carbocycles. The van der Waals surface area contributed by atoms with Crippen molar-refractivity contribution in [1.82, 2.24) is 0 Å². The fourth-order valence-electron chi connectivity index (χ4n) is 3.41. The first-order chi connectivity index (χ1) is 15.0. The molecule has 0 aliphatic rings. The van der Waals surface area contributed by atoms with Crippen LogP contribution in [-0.2, 0) is 11.2 Å². The molecule has 0 aliphatic carbocycles. The summed E-state index contributed by atoms with van der Waals surface area (Å²) < 4.78 is 16.5. The number of carbonyl (C=O) groups is 1. The Morgan fingerprint density at radius 2 is 1.87 bits per heavy atom. The van der Waals surface area contributed by atoms with E-state index < -0.39 is 0 Å². The number of fused-ring (bicyclic) bond motifs is 2. The number of hydrogen-bond acceptors (Lipinski definition) is 6.